The third kappa shape index (κ3) is 15.3. The Morgan fingerprint density at radius 1 is 0.739 bits per heavy atom. The molecule has 0 saturated carbocycles. The van der Waals surface area contributed by atoms with Crippen LogP contribution in [0.5, 0.6) is 0 Å². The average Bonchev–Trinajstić information content (AvgIpc) is 2.94. The van der Waals surface area contributed by atoms with Crippen LogP contribution in [0.15, 0.2) is 30.3 Å². The Morgan fingerprint density at radius 2 is 1.30 bits per heavy atom. The largest absolute Gasteiger partial charge is 0.390 e. The van der Waals surface area contributed by atoms with E-state index in [1.165, 1.54) is 0 Å². The number of aliphatic hydroxyl groups is 1. The van der Waals surface area contributed by atoms with Gasteiger partial charge in [0.15, 0.2) is 0 Å². The van der Waals surface area contributed by atoms with Gasteiger partial charge < -0.3 is 37.4 Å². The number of nitrogens with one attached hydrogen (secondary N) is 5. The average molecular weight is 649 g/mol. The standard InChI is InChI=1S/C32H52N6O7.CH4/c1-8-34-32(45)28(20(6)7)38-27(41)17-25(39)22(14-18(2)3)35-31(44)24(16-26(33)40)37-30(43)23(15-19(4)5)36-29(42)21-12-10-9-11-13-21;/h9-13,18-20,22-25,28,39H,8,14-17H2,1-7H3,(H2,33,40)(H,34,45)(H,35,44)(H,36,42)(H,37,43)(H,38,41);1H4/t22-,23+,24-,25-,28-;/m0./s1. The van der Waals surface area contributed by atoms with E-state index in [1.807, 2.05) is 27.7 Å². The first-order valence-electron chi connectivity index (χ1n) is 15.6. The number of hydrogen-bond acceptors (Lipinski definition) is 7. The molecule has 0 radical (unpaired) electrons. The summed E-state index contributed by atoms with van der Waals surface area (Å²) < 4.78 is 0. The fourth-order valence-corrected chi connectivity index (χ4v) is 4.70. The number of benzene rings is 1. The molecule has 8 N–H and O–H groups in total. The minimum absolute atomic E-state index is 0. The van der Waals surface area contributed by atoms with Gasteiger partial charge in [0, 0.05) is 12.1 Å². The molecule has 1 aromatic carbocycles. The predicted molar refractivity (Wildman–Crippen MR) is 177 cm³/mol. The molecule has 0 fully saturated rings. The number of rotatable bonds is 19. The molecule has 0 spiro atoms. The Kier molecular flexibility index (Phi) is 19.1. The number of nitrogens with two attached hydrogens (primary N) is 1. The van der Waals surface area contributed by atoms with Gasteiger partial charge in [-0.15, -0.1) is 0 Å². The molecular formula is C33H56N6O7. The number of carbonyl (C=O) groups is 6. The molecule has 5 atom stereocenters. The lowest BCUT2D eigenvalue weighted by Crippen LogP contribution is -2.57. The van der Waals surface area contributed by atoms with Crippen molar-refractivity contribution in [1.29, 1.82) is 0 Å². The zero-order chi connectivity index (χ0) is 34.3. The summed E-state index contributed by atoms with van der Waals surface area (Å²) in [7, 11) is 0. The van der Waals surface area contributed by atoms with Gasteiger partial charge in [0.25, 0.3) is 5.91 Å². The van der Waals surface area contributed by atoms with E-state index in [2.05, 4.69) is 26.6 Å². The number of primary amides is 1. The highest BCUT2D eigenvalue weighted by Gasteiger charge is 2.33. The molecular weight excluding hydrogens is 592 g/mol. The van der Waals surface area contributed by atoms with Crippen molar-refractivity contribution in [3.63, 3.8) is 0 Å². The first-order chi connectivity index (χ1) is 21.0. The summed E-state index contributed by atoms with van der Waals surface area (Å²) >= 11 is 0. The lowest BCUT2D eigenvalue weighted by atomic mass is 9.95. The minimum atomic E-state index is -1.41. The maximum atomic E-state index is 13.4. The Hall–Kier alpha value is -4.00. The van der Waals surface area contributed by atoms with Crippen LogP contribution in [-0.2, 0) is 24.0 Å². The molecule has 0 saturated heterocycles. The van der Waals surface area contributed by atoms with Crippen molar-refractivity contribution in [3.8, 4) is 0 Å². The van der Waals surface area contributed by atoms with Crippen LogP contribution >= 0.6 is 0 Å². The molecule has 0 aliphatic rings. The number of aliphatic hydroxyl groups excluding tert-OH is 1. The van der Waals surface area contributed by atoms with Crippen LogP contribution in [0.25, 0.3) is 0 Å². The van der Waals surface area contributed by atoms with Crippen LogP contribution in [0.4, 0.5) is 0 Å². The fourth-order valence-electron chi connectivity index (χ4n) is 4.70. The molecule has 0 unspecified atom stereocenters. The second-order valence-electron chi connectivity index (χ2n) is 12.5. The zero-order valence-corrected chi connectivity index (χ0v) is 27.5. The van der Waals surface area contributed by atoms with Crippen molar-refractivity contribution in [2.24, 2.45) is 23.5 Å². The van der Waals surface area contributed by atoms with E-state index in [0.717, 1.165) is 0 Å². The molecule has 0 aliphatic carbocycles. The quantitative estimate of drug-likeness (QED) is 0.117. The van der Waals surface area contributed by atoms with Gasteiger partial charge in [-0.25, -0.2) is 0 Å². The second-order valence-corrected chi connectivity index (χ2v) is 12.5. The SMILES string of the molecule is C.CCNC(=O)[C@@H](NC(=O)C[C@H](O)[C@H](CC(C)C)NC(=O)[C@H](CC(N)=O)NC(=O)[C@@H](CC(C)C)NC(=O)c1ccccc1)C(C)C. The van der Waals surface area contributed by atoms with E-state index in [4.69, 9.17) is 5.73 Å². The molecule has 13 heteroatoms. The number of amides is 6. The Morgan fingerprint density at radius 3 is 1.80 bits per heavy atom. The number of carbonyl (C=O) groups excluding carboxylic acids is 6. The van der Waals surface area contributed by atoms with E-state index >= 15 is 0 Å². The minimum Gasteiger partial charge on any atom is -0.390 e. The van der Waals surface area contributed by atoms with Crippen molar-refractivity contribution in [1.82, 2.24) is 26.6 Å². The van der Waals surface area contributed by atoms with Gasteiger partial charge in [0.1, 0.15) is 18.1 Å². The van der Waals surface area contributed by atoms with Crippen molar-refractivity contribution in [3.05, 3.63) is 35.9 Å². The highest BCUT2D eigenvalue weighted by Crippen LogP contribution is 2.14. The summed E-state index contributed by atoms with van der Waals surface area (Å²) in [6, 6.07) is 4.19. The van der Waals surface area contributed by atoms with Gasteiger partial charge in [0.05, 0.1) is 25.0 Å². The molecule has 6 amide bonds. The van der Waals surface area contributed by atoms with Crippen molar-refractivity contribution in [2.45, 2.75) is 112 Å². The molecule has 260 valence electrons. The van der Waals surface area contributed by atoms with E-state index in [-0.39, 0.29) is 43.9 Å². The summed E-state index contributed by atoms with van der Waals surface area (Å²) in [5.74, 6) is -3.94. The van der Waals surface area contributed by atoms with Crippen LogP contribution in [0.1, 0.15) is 91.9 Å². The Balaban J connectivity index is 0.0000202. The molecule has 0 aromatic heterocycles. The molecule has 1 rings (SSSR count). The van der Waals surface area contributed by atoms with E-state index < -0.39 is 72.6 Å². The van der Waals surface area contributed by atoms with E-state index in [9.17, 15) is 33.9 Å². The summed E-state index contributed by atoms with van der Waals surface area (Å²) in [6.07, 6.45) is -1.76. The van der Waals surface area contributed by atoms with Gasteiger partial charge in [-0.2, -0.15) is 0 Å². The second kappa shape index (κ2) is 20.9. The number of hydrogen-bond donors (Lipinski definition) is 7. The summed E-state index contributed by atoms with van der Waals surface area (Å²) in [5.41, 5.74) is 5.75. The first-order valence-corrected chi connectivity index (χ1v) is 15.6. The highest BCUT2D eigenvalue weighted by atomic mass is 16.3. The van der Waals surface area contributed by atoms with Crippen LogP contribution < -0.4 is 32.3 Å². The van der Waals surface area contributed by atoms with Gasteiger partial charge in [-0.1, -0.05) is 67.2 Å². The van der Waals surface area contributed by atoms with Crippen molar-refractivity contribution >= 4 is 35.4 Å². The maximum absolute atomic E-state index is 13.4. The normalized spacial score (nSPS) is 14.2. The Labute approximate surface area is 273 Å². The topological polar surface area (TPSA) is 209 Å². The van der Waals surface area contributed by atoms with Crippen LogP contribution in [-0.4, -0.2) is 77.4 Å². The third-order valence-corrected chi connectivity index (χ3v) is 6.93. The predicted octanol–water partition coefficient (Wildman–Crippen LogP) is 1.39. The van der Waals surface area contributed by atoms with Gasteiger partial charge in [-0.05, 0) is 49.7 Å². The smallest absolute Gasteiger partial charge is 0.251 e. The first kappa shape index (κ1) is 42.0. The fraction of sp³-hybridized carbons (Fsp3) is 0.636. The summed E-state index contributed by atoms with van der Waals surface area (Å²) in [4.78, 5) is 76.7. The maximum Gasteiger partial charge on any atom is 0.251 e. The lowest BCUT2D eigenvalue weighted by Gasteiger charge is -2.29. The van der Waals surface area contributed by atoms with Crippen molar-refractivity contribution in [2.75, 3.05) is 6.54 Å². The van der Waals surface area contributed by atoms with Gasteiger partial charge in [0.2, 0.25) is 29.5 Å². The lowest BCUT2D eigenvalue weighted by molar-refractivity contribution is -0.133. The summed E-state index contributed by atoms with van der Waals surface area (Å²) in [6.45, 7) is 13.2. The van der Waals surface area contributed by atoms with Crippen molar-refractivity contribution < 1.29 is 33.9 Å². The monoisotopic (exact) mass is 648 g/mol. The van der Waals surface area contributed by atoms with Crippen LogP contribution in [0.2, 0.25) is 0 Å². The Bertz CT molecular complexity index is 1140. The highest BCUT2D eigenvalue weighted by molar-refractivity contribution is 5.99. The number of likely N-dealkylation sites (N-methyl/N-ethyl adjacent to an activating group) is 1. The molecule has 13 nitrogen and oxygen atoms in total. The van der Waals surface area contributed by atoms with E-state index in [1.54, 1.807) is 51.1 Å². The molecule has 0 heterocycles. The molecule has 46 heavy (non-hydrogen) atoms. The summed E-state index contributed by atoms with van der Waals surface area (Å²) in [5, 5.41) is 24.2. The van der Waals surface area contributed by atoms with E-state index in [0.29, 0.717) is 12.1 Å². The molecule has 0 aliphatic heterocycles. The molecule has 0 bridgehead atoms. The zero-order valence-electron chi connectivity index (χ0n) is 27.5. The third-order valence-electron chi connectivity index (χ3n) is 6.93. The van der Waals surface area contributed by atoms with Gasteiger partial charge >= 0.3 is 0 Å². The van der Waals surface area contributed by atoms with Crippen LogP contribution in [0, 0.1) is 17.8 Å². The molecule has 1 aromatic rings. The van der Waals surface area contributed by atoms with Gasteiger partial charge in [-0.3, -0.25) is 28.8 Å². The van der Waals surface area contributed by atoms with Crippen LogP contribution in [0.3, 0.4) is 0 Å².